The van der Waals surface area contributed by atoms with Gasteiger partial charge >= 0.3 is 0 Å². The zero-order valence-electron chi connectivity index (χ0n) is 12.4. The Bertz CT molecular complexity index is 658. The zero-order valence-corrected chi connectivity index (χ0v) is 14.7. The van der Waals surface area contributed by atoms with Crippen LogP contribution in [-0.2, 0) is 4.79 Å². The first-order chi connectivity index (χ1) is 10.5. The lowest BCUT2D eigenvalue weighted by Crippen LogP contribution is -2.32. The van der Waals surface area contributed by atoms with Gasteiger partial charge in [-0.1, -0.05) is 34.5 Å². The Hall–Kier alpha value is -1.52. The first-order valence-electron chi connectivity index (χ1n) is 6.99. The molecule has 2 aromatic rings. The van der Waals surface area contributed by atoms with Crippen molar-refractivity contribution in [1.82, 2.24) is 0 Å². The standard InChI is InChI=1S/C17H17BrClNO2/c1-3-16(22-14-7-4-12(19)5-8-14)17(21)20-13-6-9-15(18)11(2)10-13/h4-10,16H,3H2,1-2H3,(H,20,21)/t16-/m0/s1. The van der Waals surface area contributed by atoms with E-state index in [2.05, 4.69) is 21.2 Å². The van der Waals surface area contributed by atoms with Gasteiger partial charge in [0.2, 0.25) is 0 Å². The molecule has 0 heterocycles. The maximum atomic E-state index is 12.3. The van der Waals surface area contributed by atoms with Gasteiger partial charge in [-0.25, -0.2) is 0 Å². The second kappa shape index (κ2) is 7.65. The summed E-state index contributed by atoms with van der Waals surface area (Å²) in [6, 6.07) is 12.6. The predicted molar refractivity (Wildman–Crippen MR) is 93.7 cm³/mol. The van der Waals surface area contributed by atoms with Crippen molar-refractivity contribution in [3.63, 3.8) is 0 Å². The van der Waals surface area contributed by atoms with Gasteiger partial charge in [-0.05, 0) is 61.4 Å². The molecule has 1 amide bonds. The molecule has 2 rings (SSSR count). The van der Waals surface area contributed by atoms with Crippen LogP contribution in [0.2, 0.25) is 5.02 Å². The topological polar surface area (TPSA) is 38.3 Å². The molecule has 0 aromatic heterocycles. The van der Waals surface area contributed by atoms with Crippen molar-refractivity contribution < 1.29 is 9.53 Å². The van der Waals surface area contributed by atoms with Crippen LogP contribution in [0.5, 0.6) is 5.75 Å². The van der Waals surface area contributed by atoms with Gasteiger partial charge in [0.25, 0.3) is 5.91 Å². The average molecular weight is 383 g/mol. The van der Waals surface area contributed by atoms with Gasteiger partial charge in [0.05, 0.1) is 0 Å². The minimum Gasteiger partial charge on any atom is -0.481 e. The van der Waals surface area contributed by atoms with Crippen molar-refractivity contribution in [3.8, 4) is 5.75 Å². The van der Waals surface area contributed by atoms with Crippen LogP contribution in [0.15, 0.2) is 46.9 Å². The zero-order chi connectivity index (χ0) is 16.1. The molecule has 1 atom stereocenters. The second-order valence-corrected chi connectivity index (χ2v) is 6.21. The highest BCUT2D eigenvalue weighted by atomic mass is 79.9. The highest BCUT2D eigenvalue weighted by Gasteiger charge is 2.18. The number of hydrogen-bond acceptors (Lipinski definition) is 2. The highest BCUT2D eigenvalue weighted by Crippen LogP contribution is 2.21. The Morgan fingerprint density at radius 1 is 1.27 bits per heavy atom. The minimum absolute atomic E-state index is 0.167. The fourth-order valence-corrected chi connectivity index (χ4v) is 2.32. The number of carbonyl (C=O) groups excluding carboxylic acids is 1. The number of amides is 1. The number of benzene rings is 2. The van der Waals surface area contributed by atoms with Crippen LogP contribution in [0.25, 0.3) is 0 Å². The molecular formula is C17H17BrClNO2. The summed E-state index contributed by atoms with van der Waals surface area (Å²) in [5.41, 5.74) is 1.81. The van der Waals surface area contributed by atoms with E-state index in [1.165, 1.54) is 0 Å². The molecule has 0 aliphatic rings. The van der Waals surface area contributed by atoms with Crippen molar-refractivity contribution in [1.29, 1.82) is 0 Å². The largest absolute Gasteiger partial charge is 0.481 e. The summed E-state index contributed by atoms with van der Waals surface area (Å²) >= 11 is 9.28. The average Bonchev–Trinajstić information content (AvgIpc) is 2.50. The third-order valence-corrected chi connectivity index (χ3v) is 4.32. The molecule has 0 saturated heterocycles. The van der Waals surface area contributed by atoms with Crippen LogP contribution >= 0.6 is 27.5 Å². The van der Waals surface area contributed by atoms with Crippen molar-refractivity contribution >= 4 is 39.1 Å². The molecule has 0 aliphatic carbocycles. The van der Waals surface area contributed by atoms with Crippen LogP contribution in [0, 0.1) is 6.92 Å². The van der Waals surface area contributed by atoms with Gasteiger partial charge in [-0.3, -0.25) is 4.79 Å². The third-order valence-electron chi connectivity index (χ3n) is 3.18. The Kier molecular flexibility index (Phi) is 5.86. The molecule has 0 saturated carbocycles. The first-order valence-corrected chi connectivity index (χ1v) is 8.16. The third kappa shape index (κ3) is 4.49. The molecule has 0 unspecified atom stereocenters. The van der Waals surface area contributed by atoms with Crippen molar-refractivity contribution in [2.45, 2.75) is 26.4 Å². The van der Waals surface area contributed by atoms with Crippen LogP contribution in [0.4, 0.5) is 5.69 Å². The lowest BCUT2D eigenvalue weighted by Gasteiger charge is -2.17. The van der Waals surface area contributed by atoms with Gasteiger partial charge < -0.3 is 10.1 Å². The molecule has 2 aromatic carbocycles. The number of nitrogens with one attached hydrogen (secondary N) is 1. The van der Waals surface area contributed by atoms with Gasteiger partial charge in [-0.15, -0.1) is 0 Å². The number of rotatable bonds is 5. The summed E-state index contributed by atoms with van der Waals surface area (Å²) in [6.45, 7) is 3.88. The van der Waals surface area contributed by atoms with E-state index in [1.54, 1.807) is 24.3 Å². The number of anilines is 1. The number of halogens is 2. The summed E-state index contributed by atoms with van der Waals surface area (Å²) in [4.78, 5) is 12.3. The molecule has 0 bridgehead atoms. The van der Waals surface area contributed by atoms with Gasteiger partial charge in [0.1, 0.15) is 5.75 Å². The maximum Gasteiger partial charge on any atom is 0.265 e. The number of carbonyl (C=O) groups is 1. The van der Waals surface area contributed by atoms with Gasteiger partial charge in [0.15, 0.2) is 6.10 Å². The van der Waals surface area contributed by atoms with E-state index >= 15 is 0 Å². The molecule has 22 heavy (non-hydrogen) atoms. The fraction of sp³-hybridized carbons (Fsp3) is 0.235. The van der Waals surface area contributed by atoms with Crippen molar-refractivity contribution in [2.75, 3.05) is 5.32 Å². The molecular weight excluding hydrogens is 366 g/mol. The van der Waals surface area contributed by atoms with Gasteiger partial charge in [0, 0.05) is 15.2 Å². The molecule has 5 heteroatoms. The summed E-state index contributed by atoms with van der Waals surface area (Å²) in [5.74, 6) is 0.456. The van der Waals surface area contributed by atoms with E-state index in [0.29, 0.717) is 17.2 Å². The molecule has 1 N–H and O–H groups in total. The smallest absolute Gasteiger partial charge is 0.265 e. The van der Waals surface area contributed by atoms with E-state index < -0.39 is 6.10 Å². The number of hydrogen-bond donors (Lipinski definition) is 1. The molecule has 0 radical (unpaired) electrons. The highest BCUT2D eigenvalue weighted by molar-refractivity contribution is 9.10. The lowest BCUT2D eigenvalue weighted by molar-refractivity contribution is -0.122. The van der Waals surface area contributed by atoms with E-state index in [0.717, 1.165) is 15.7 Å². The minimum atomic E-state index is -0.551. The lowest BCUT2D eigenvalue weighted by atomic mass is 10.2. The van der Waals surface area contributed by atoms with Gasteiger partial charge in [-0.2, -0.15) is 0 Å². The summed E-state index contributed by atoms with van der Waals surface area (Å²) in [7, 11) is 0. The monoisotopic (exact) mass is 381 g/mol. The van der Waals surface area contributed by atoms with E-state index in [9.17, 15) is 4.79 Å². The Morgan fingerprint density at radius 3 is 2.55 bits per heavy atom. The summed E-state index contributed by atoms with van der Waals surface area (Å²) in [5, 5.41) is 3.52. The Morgan fingerprint density at radius 2 is 1.95 bits per heavy atom. The predicted octanol–water partition coefficient (Wildman–Crippen LogP) is 5.21. The van der Waals surface area contributed by atoms with Crippen LogP contribution in [-0.4, -0.2) is 12.0 Å². The normalized spacial score (nSPS) is 11.8. The van der Waals surface area contributed by atoms with Crippen LogP contribution < -0.4 is 10.1 Å². The Labute approximate surface area is 143 Å². The maximum absolute atomic E-state index is 12.3. The molecule has 3 nitrogen and oxygen atoms in total. The fourth-order valence-electron chi connectivity index (χ4n) is 1.94. The first kappa shape index (κ1) is 16.8. The second-order valence-electron chi connectivity index (χ2n) is 4.92. The SMILES string of the molecule is CC[C@H](Oc1ccc(Cl)cc1)C(=O)Nc1ccc(Br)c(C)c1. The summed E-state index contributed by atoms with van der Waals surface area (Å²) < 4.78 is 6.74. The molecule has 0 aliphatic heterocycles. The Balaban J connectivity index is 2.04. The molecule has 0 fully saturated rings. The van der Waals surface area contributed by atoms with E-state index in [4.69, 9.17) is 16.3 Å². The van der Waals surface area contributed by atoms with E-state index in [-0.39, 0.29) is 5.91 Å². The molecule has 0 spiro atoms. The van der Waals surface area contributed by atoms with Crippen LogP contribution in [0.1, 0.15) is 18.9 Å². The quantitative estimate of drug-likeness (QED) is 0.771. The number of aryl methyl sites for hydroxylation is 1. The molecule has 116 valence electrons. The van der Waals surface area contributed by atoms with Crippen molar-refractivity contribution in [3.05, 3.63) is 57.5 Å². The van der Waals surface area contributed by atoms with Crippen molar-refractivity contribution in [2.24, 2.45) is 0 Å². The van der Waals surface area contributed by atoms with Crippen LogP contribution in [0.3, 0.4) is 0 Å². The summed E-state index contributed by atoms with van der Waals surface area (Å²) in [6.07, 6.45) is 0.0226. The number of ether oxygens (including phenoxy) is 1. The van der Waals surface area contributed by atoms with E-state index in [1.807, 2.05) is 32.0 Å².